The van der Waals surface area contributed by atoms with Crippen LogP contribution in [0.4, 0.5) is 11.4 Å². The van der Waals surface area contributed by atoms with E-state index in [1.165, 1.54) is 16.7 Å². The van der Waals surface area contributed by atoms with Gasteiger partial charge in [0.1, 0.15) is 0 Å². The highest BCUT2D eigenvalue weighted by molar-refractivity contribution is 6.07. The van der Waals surface area contributed by atoms with Gasteiger partial charge in [-0.3, -0.25) is 4.79 Å². The zero-order valence-corrected chi connectivity index (χ0v) is 19.2. The summed E-state index contributed by atoms with van der Waals surface area (Å²) in [6, 6.07) is 30.4. The van der Waals surface area contributed by atoms with E-state index >= 15 is 0 Å². The van der Waals surface area contributed by atoms with Gasteiger partial charge in [-0.1, -0.05) is 66.7 Å². The second-order valence-corrected chi connectivity index (χ2v) is 8.35. The quantitative estimate of drug-likeness (QED) is 0.319. The van der Waals surface area contributed by atoms with Crippen molar-refractivity contribution in [2.24, 2.45) is 0 Å². The van der Waals surface area contributed by atoms with Gasteiger partial charge in [-0.25, -0.2) is 4.98 Å². The number of nitrogens with one attached hydrogen (secondary N) is 2. The molecule has 4 aromatic carbocycles. The van der Waals surface area contributed by atoms with Crippen LogP contribution in [-0.4, -0.2) is 22.5 Å². The number of carbonyl (C=O) groups excluding carboxylic acids is 1. The van der Waals surface area contributed by atoms with Crippen LogP contribution < -0.4 is 10.6 Å². The summed E-state index contributed by atoms with van der Waals surface area (Å²) in [6.45, 7) is 2.67. The number of carbonyl (C=O) groups is 1. The molecule has 5 nitrogen and oxygen atoms in total. The van der Waals surface area contributed by atoms with Crippen LogP contribution in [0.5, 0.6) is 0 Å². The predicted octanol–water partition coefficient (Wildman–Crippen LogP) is 6.35. The number of para-hydroxylation sites is 2. The fourth-order valence-corrected chi connectivity index (χ4v) is 4.23. The molecule has 0 aliphatic heterocycles. The fraction of sp³-hybridized carbons (Fsp3) is 0.103. The van der Waals surface area contributed by atoms with Crippen molar-refractivity contribution in [3.63, 3.8) is 0 Å². The largest absolute Gasteiger partial charge is 0.386 e. The minimum Gasteiger partial charge on any atom is -0.386 e. The number of hydrogen-bond acceptors (Lipinski definition) is 3. The van der Waals surface area contributed by atoms with Crippen molar-refractivity contribution in [3.05, 3.63) is 114 Å². The maximum atomic E-state index is 13.1. The molecule has 34 heavy (non-hydrogen) atoms. The maximum Gasteiger partial charge on any atom is 0.255 e. The topological polar surface area (TPSA) is 58.9 Å². The van der Waals surface area contributed by atoms with E-state index in [0.717, 1.165) is 28.0 Å². The minimum absolute atomic E-state index is 0.146. The highest BCUT2D eigenvalue weighted by Crippen LogP contribution is 2.25. The number of benzene rings is 4. The molecule has 0 atom stereocenters. The second kappa shape index (κ2) is 9.24. The highest BCUT2D eigenvalue weighted by atomic mass is 16.1. The summed E-state index contributed by atoms with van der Waals surface area (Å²) >= 11 is 0. The number of fused-ring (bicyclic) bond motifs is 1. The molecule has 168 valence electrons. The molecule has 5 aromatic rings. The second-order valence-electron chi connectivity index (χ2n) is 8.35. The number of nitrogens with zero attached hydrogens (tertiary/aromatic N) is 2. The van der Waals surface area contributed by atoms with E-state index in [0.29, 0.717) is 12.1 Å². The lowest BCUT2D eigenvalue weighted by Gasteiger charge is -2.12. The maximum absolute atomic E-state index is 13.1. The third-order valence-corrected chi connectivity index (χ3v) is 6.04. The van der Waals surface area contributed by atoms with Gasteiger partial charge in [0, 0.05) is 19.2 Å². The summed E-state index contributed by atoms with van der Waals surface area (Å²) in [5.41, 5.74) is 8.63. The van der Waals surface area contributed by atoms with E-state index in [9.17, 15) is 4.79 Å². The van der Waals surface area contributed by atoms with E-state index in [-0.39, 0.29) is 5.91 Å². The Morgan fingerprint density at radius 1 is 0.853 bits per heavy atom. The van der Waals surface area contributed by atoms with E-state index < -0.39 is 0 Å². The fourth-order valence-electron chi connectivity index (χ4n) is 4.23. The minimum atomic E-state index is -0.146. The lowest BCUT2D eigenvalue weighted by Crippen LogP contribution is -2.13. The molecule has 0 bridgehead atoms. The first kappa shape index (κ1) is 21.5. The van der Waals surface area contributed by atoms with E-state index in [4.69, 9.17) is 0 Å². The van der Waals surface area contributed by atoms with Crippen LogP contribution in [0.25, 0.3) is 22.2 Å². The lowest BCUT2D eigenvalue weighted by molar-refractivity contribution is 0.102. The standard InChI is InChI=1S/C29H26N4O/c1-20-16-24(29(34)32-26-11-7-6-10-25(26)30-2)17-27-28(20)31-19-33(27)18-21-12-14-23(15-13-21)22-8-4-3-5-9-22/h3-17,19,30H,18H2,1-2H3,(H,32,34). The Balaban J connectivity index is 1.41. The number of amides is 1. The summed E-state index contributed by atoms with van der Waals surface area (Å²) in [6.07, 6.45) is 1.85. The first-order valence-corrected chi connectivity index (χ1v) is 11.3. The van der Waals surface area contributed by atoms with Crippen molar-refractivity contribution < 1.29 is 4.79 Å². The summed E-state index contributed by atoms with van der Waals surface area (Å²) in [5.74, 6) is -0.146. The van der Waals surface area contributed by atoms with Crippen LogP contribution in [-0.2, 0) is 6.54 Å². The third-order valence-electron chi connectivity index (χ3n) is 6.04. The van der Waals surface area contributed by atoms with Gasteiger partial charge in [0.15, 0.2) is 0 Å². The van der Waals surface area contributed by atoms with Crippen molar-refractivity contribution in [2.75, 3.05) is 17.7 Å². The van der Waals surface area contributed by atoms with Crippen molar-refractivity contribution in [1.82, 2.24) is 9.55 Å². The number of rotatable bonds is 6. The molecule has 0 aliphatic carbocycles. The van der Waals surface area contributed by atoms with Gasteiger partial charge in [-0.05, 0) is 53.4 Å². The average molecular weight is 447 g/mol. The number of hydrogen-bond donors (Lipinski definition) is 2. The summed E-state index contributed by atoms with van der Waals surface area (Å²) in [4.78, 5) is 17.7. The van der Waals surface area contributed by atoms with E-state index in [1.807, 2.05) is 74.9 Å². The van der Waals surface area contributed by atoms with Crippen LogP contribution in [0.2, 0.25) is 0 Å². The van der Waals surface area contributed by atoms with Gasteiger partial charge in [-0.2, -0.15) is 0 Å². The van der Waals surface area contributed by atoms with Gasteiger partial charge < -0.3 is 15.2 Å². The van der Waals surface area contributed by atoms with Crippen molar-refractivity contribution in [3.8, 4) is 11.1 Å². The molecule has 5 heteroatoms. The molecule has 0 fully saturated rings. The molecule has 1 heterocycles. The molecule has 5 rings (SSSR count). The van der Waals surface area contributed by atoms with Gasteiger partial charge in [0.05, 0.1) is 28.7 Å². The number of imidazole rings is 1. The Labute approximate surface area is 199 Å². The normalized spacial score (nSPS) is 10.9. The van der Waals surface area contributed by atoms with Crippen molar-refractivity contribution in [1.29, 1.82) is 0 Å². The van der Waals surface area contributed by atoms with Gasteiger partial charge in [-0.15, -0.1) is 0 Å². The van der Waals surface area contributed by atoms with Crippen LogP contribution >= 0.6 is 0 Å². The highest BCUT2D eigenvalue weighted by Gasteiger charge is 2.14. The molecular formula is C29H26N4O. The molecule has 0 radical (unpaired) electrons. The van der Waals surface area contributed by atoms with Crippen LogP contribution in [0.1, 0.15) is 21.5 Å². The summed E-state index contributed by atoms with van der Waals surface area (Å²) in [7, 11) is 1.84. The molecule has 0 unspecified atom stereocenters. The van der Waals surface area contributed by atoms with Gasteiger partial charge in [0.2, 0.25) is 0 Å². The zero-order valence-electron chi connectivity index (χ0n) is 19.2. The molecule has 1 aromatic heterocycles. The Hall–Kier alpha value is -4.38. The number of aryl methyl sites for hydroxylation is 1. The first-order chi connectivity index (χ1) is 16.6. The zero-order chi connectivity index (χ0) is 23.5. The molecule has 0 aliphatic rings. The van der Waals surface area contributed by atoms with Gasteiger partial charge in [0.25, 0.3) is 5.91 Å². The Kier molecular flexibility index (Phi) is 5.83. The summed E-state index contributed by atoms with van der Waals surface area (Å²) < 4.78 is 2.10. The Morgan fingerprint density at radius 2 is 1.53 bits per heavy atom. The summed E-state index contributed by atoms with van der Waals surface area (Å²) in [5, 5.41) is 6.13. The molecule has 2 N–H and O–H groups in total. The number of anilines is 2. The molecule has 0 saturated carbocycles. The van der Waals surface area contributed by atoms with Crippen LogP contribution in [0, 0.1) is 6.92 Å². The Bertz CT molecular complexity index is 1450. The third kappa shape index (κ3) is 4.28. The number of aromatic nitrogens is 2. The molecule has 1 amide bonds. The van der Waals surface area contributed by atoms with Crippen molar-refractivity contribution in [2.45, 2.75) is 13.5 Å². The van der Waals surface area contributed by atoms with E-state index in [2.05, 4.69) is 56.6 Å². The van der Waals surface area contributed by atoms with Crippen LogP contribution in [0.15, 0.2) is 97.3 Å². The van der Waals surface area contributed by atoms with Crippen LogP contribution in [0.3, 0.4) is 0 Å². The molecular weight excluding hydrogens is 420 g/mol. The predicted molar refractivity (Wildman–Crippen MR) is 139 cm³/mol. The van der Waals surface area contributed by atoms with Crippen molar-refractivity contribution >= 4 is 28.3 Å². The molecule has 0 spiro atoms. The lowest BCUT2D eigenvalue weighted by atomic mass is 10.0. The SMILES string of the molecule is CNc1ccccc1NC(=O)c1cc(C)c2ncn(Cc3ccc(-c4ccccc4)cc3)c2c1. The van der Waals surface area contributed by atoms with Gasteiger partial charge >= 0.3 is 0 Å². The monoisotopic (exact) mass is 446 g/mol. The average Bonchev–Trinajstić information content (AvgIpc) is 3.28. The molecule has 0 saturated heterocycles. The Morgan fingerprint density at radius 3 is 2.26 bits per heavy atom. The van der Waals surface area contributed by atoms with E-state index in [1.54, 1.807) is 0 Å². The first-order valence-electron chi connectivity index (χ1n) is 11.3. The smallest absolute Gasteiger partial charge is 0.255 e.